The summed E-state index contributed by atoms with van der Waals surface area (Å²) in [6.07, 6.45) is 1.80. The van der Waals surface area contributed by atoms with Gasteiger partial charge in [0.25, 0.3) is 11.5 Å². The molecule has 1 amide bonds. The SMILES string of the molecule is CCOc1ccc([C@H]2C(C(=O)Nc3ccccc3)=C(C)N=c3s/c(=C\c4cccc(OCc5ccccc5C#N)c4)c(=O)n32)cc1. The summed E-state index contributed by atoms with van der Waals surface area (Å²) in [5.41, 5.74) is 4.20. The van der Waals surface area contributed by atoms with Gasteiger partial charge in [0.1, 0.15) is 18.1 Å². The van der Waals surface area contributed by atoms with Crippen LogP contribution in [0.25, 0.3) is 6.08 Å². The Morgan fingerprint density at radius 1 is 0.978 bits per heavy atom. The number of carbonyl (C=O) groups excluding carboxylic acids is 1. The van der Waals surface area contributed by atoms with Crippen molar-refractivity contribution in [2.75, 3.05) is 11.9 Å². The van der Waals surface area contributed by atoms with E-state index in [4.69, 9.17) is 14.5 Å². The topological polar surface area (TPSA) is 106 Å². The van der Waals surface area contributed by atoms with Crippen LogP contribution in [0, 0.1) is 11.3 Å². The fraction of sp³-hybridized carbons (Fsp3) is 0.135. The van der Waals surface area contributed by atoms with Gasteiger partial charge in [0.15, 0.2) is 4.80 Å². The quantitative estimate of drug-likeness (QED) is 0.225. The van der Waals surface area contributed by atoms with Gasteiger partial charge in [-0.2, -0.15) is 5.26 Å². The molecule has 0 bridgehead atoms. The van der Waals surface area contributed by atoms with Crippen LogP contribution in [0.5, 0.6) is 11.5 Å². The van der Waals surface area contributed by atoms with Crippen LogP contribution >= 0.6 is 11.3 Å². The van der Waals surface area contributed by atoms with E-state index in [1.54, 1.807) is 23.6 Å². The van der Waals surface area contributed by atoms with Crippen molar-refractivity contribution in [3.63, 3.8) is 0 Å². The minimum absolute atomic E-state index is 0.241. The van der Waals surface area contributed by atoms with E-state index in [1.165, 1.54) is 11.3 Å². The van der Waals surface area contributed by atoms with Crippen LogP contribution in [-0.2, 0) is 11.4 Å². The molecule has 0 aliphatic carbocycles. The number of hydrogen-bond acceptors (Lipinski definition) is 7. The number of benzene rings is 4. The van der Waals surface area contributed by atoms with E-state index < -0.39 is 6.04 Å². The van der Waals surface area contributed by atoms with Gasteiger partial charge in [-0.05, 0) is 73.5 Å². The maximum Gasteiger partial charge on any atom is 0.271 e. The van der Waals surface area contributed by atoms with Crippen molar-refractivity contribution in [2.24, 2.45) is 4.99 Å². The van der Waals surface area contributed by atoms with E-state index in [2.05, 4.69) is 11.4 Å². The highest BCUT2D eigenvalue weighted by Crippen LogP contribution is 2.32. The number of hydrogen-bond donors (Lipinski definition) is 1. The lowest BCUT2D eigenvalue weighted by Gasteiger charge is -2.25. The second-order valence-corrected chi connectivity index (χ2v) is 11.5. The molecule has 1 N–H and O–H groups in total. The second kappa shape index (κ2) is 13.5. The summed E-state index contributed by atoms with van der Waals surface area (Å²) in [6, 6.07) is 32.9. The van der Waals surface area contributed by atoms with Crippen LogP contribution in [-0.4, -0.2) is 17.1 Å². The molecule has 2 heterocycles. The fourth-order valence-corrected chi connectivity index (χ4v) is 6.37. The van der Waals surface area contributed by atoms with Crippen molar-refractivity contribution in [3.05, 3.63) is 156 Å². The number of aromatic nitrogens is 1. The van der Waals surface area contributed by atoms with Crippen molar-refractivity contribution in [1.29, 1.82) is 5.26 Å². The lowest BCUT2D eigenvalue weighted by Crippen LogP contribution is -2.40. The molecule has 46 heavy (non-hydrogen) atoms. The largest absolute Gasteiger partial charge is 0.494 e. The number of allylic oxidation sites excluding steroid dienone is 1. The Labute approximate surface area is 269 Å². The van der Waals surface area contributed by atoms with Crippen LogP contribution in [0.15, 0.2) is 124 Å². The summed E-state index contributed by atoms with van der Waals surface area (Å²) >= 11 is 1.27. The van der Waals surface area contributed by atoms with Crippen molar-refractivity contribution in [3.8, 4) is 17.6 Å². The average molecular weight is 627 g/mol. The average Bonchev–Trinajstić information content (AvgIpc) is 3.38. The highest BCUT2D eigenvalue weighted by molar-refractivity contribution is 7.07. The summed E-state index contributed by atoms with van der Waals surface area (Å²) in [6.45, 7) is 4.48. The molecule has 0 spiro atoms. The number of amides is 1. The molecule has 0 fully saturated rings. The molecule has 0 saturated carbocycles. The first-order chi connectivity index (χ1) is 22.4. The van der Waals surface area contributed by atoms with Gasteiger partial charge in [0.2, 0.25) is 0 Å². The molecule has 6 rings (SSSR count). The first-order valence-electron chi connectivity index (χ1n) is 14.8. The Hall–Kier alpha value is -5.72. The van der Waals surface area contributed by atoms with Gasteiger partial charge in [-0.25, -0.2) is 4.99 Å². The summed E-state index contributed by atoms with van der Waals surface area (Å²) in [5, 5.41) is 12.4. The molecule has 1 aliphatic rings. The van der Waals surface area contributed by atoms with Crippen LogP contribution < -0.4 is 29.7 Å². The molecule has 8 nitrogen and oxygen atoms in total. The highest BCUT2D eigenvalue weighted by atomic mass is 32.1. The number of rotatable bonds is 9. The predicted octanol–water partition coefficient (Wildman–Crippen LogP) is 5.72. The fourth-order valence-electron chi connectivity index (χ4n) is 5.32. The first-order valence-corrected chi connectivity index (χ1v) is 15.6. The molecule has 1 aliphatic heterocycles. The lowest BCUT2D eigenvalue weighted by molar-refractivity contribution is -0.113. The number of nitriles is 1. The highest BCUT2D eigenvalue weighted by Gasteiger charge is 2.32. The molecule has 1 atom stereocenters. The standard InChI is InChI=1S/C37H30N4O4S/c1-3-44-30-18-16-26(17-19-30)34-33(35(42)40-29-13-5-4-6-14-29)24(2)39-37-41(34)36(43)32(46-37)21-25-10-9-15-31(20-25)45-23-28-12-8-7-11-27(28)22-38/h4-21,34H,3,23H2,1-2H3,(H,40,42)/b32-21-/t34-/m0/s1. The smallest absolute Gasteiger partial charge is 0.271 e. The third-order valence-electron chi connectivity index (χ3n) is 7.49. The van der Waals surface area contributed by atoms with E-state index in [0.717, 1.165) is 16.7 Å². The summed E-state index contributed by atoms with van der Waals surface area (Å²) < 4.78 is 13.7. The Morgan fingerprint density at radius 2 is 1.74 bits per heavy atom. The molecule has 9 heteroatoms. The van der Waals surface area contributed by atoms with Crippen molar-refractivity contribution >= 4 is 29.0 Å². The second-order valence-electron chi connectivity index (χ2n) is 10.5. The van der Waals surface area contributed by atoms with Gasteiger partial charge >= 0.3 is 0 Å². The van der Waals surface area contributed by atoms with Gasteiger partial charge in [0, 0.05) is 11.3 Å². The number of ether oxygens (including phenoxy) is 2. The van der Waals surface area contributed by atoms with E-state index in [1.807, 2.05) is 104 Å². The van der Waals surface area contributed by atoms with Gasteiger partial charge in [0.05, 0.1) is 40.1 Å². The van der Waals surface area contributed by atoms with Gasteiger partial charge in [-0.1, -0.05) is 72.0 Å². The zero-order chi connectivity index (χ0) is 32.0. The Morgan fingerprint density at radius 3 is 2.50 bits per heavy atom. The number of nitrogens with zero attached hydrogens (tertiary/aromatic N) is 3. The zero-order valence-electron chi connectivity index (χ0n) is 25.3. The van der Waals surface area contributed by atoms with Crippen molar-refractivity contribution < 1.29 is 14.3 Å². The number of thiazole rings is 1. The Kier molecular flexibility index (Phi) is 8.90. The van der Waals surface area contributed by atoms with Gasteiger partial charge in [-0.15, -0.1) is 0 Å². The Bertz CT molecular complexity index is 2160. The van der Waals surface area contributed by atoms with Gasteiger partial charge in [-0.3, -0.25) is 14.2 Å². The number of anilines is 1. The minimum Gasteiger partial charge on any atom is -0.494 e. The number of para-hydroxylation sites is 1. The van der Waals surface area contributed by atoms with Crippen molar-refractivity contribution in [2.45, 2.75) is 26.5 Å². The van der Waals surface area contributed by atoms with Gasteiger partial charge < -0.3 is 14.8 Å². The predicted molar refractivity (Wildman–Crippen MR) is 178 cm³/mol. The van der Waals surface area contributed by atoms with Crippen molar-refractivity contribution in [1.82, 2.24) is 4.57 Å². The zero-order valence-corrected chi connectivity index (χ0v) is 26.1. The van der Waals surface area contributed by atoms with Crippen LogP contribution in [0.3, 0.4) is 0 Å². The molecule has 0 radical (unpaired) electrons. The molecule has 5 aromatic rings. The number of fused-ring (bicyclic) bond motifs is 1. The van der Waals surface area contributed by atoms with E-state index in [9.17, 15) is 14.9 Å². The molecule has 0 unspecified atom stereocenters. The normalized spacial score (nSPS) is 14.2. The van der Waals surface area contributed by atoms with E-state index >= 15 is 0 Å². The van der Waals surface area contributed by atoms with E-state index in [-0.39, 0.29) is 18.1 Å². The molecule has 228 valence electrons. The molecule has 1 aromatic heterocycles. The number of carbonyl (C=O) groups is 1. The molecular formula is C37H30N4O4S. The Balaban J connectivity index is 1.38. The summed E-state index contributed by atoms with van der Waals surface area (Å²) in [7, 11) is 0. The number of nitrogens with one attached hydrogen (secondary N) is 1. The van der Waals surface area contributed by atoms with Crippen LogP contribution in [0.4, 0.5) is 5.69 Å². The van der Waals surface area contributed by atoms with E-state index in [0.29, 0.717) is 50.0 Å². The third-order valence-corrected chi connectivity index (χ3v) is 8.48. The molecular weight excluding hydrogens is 596 g/mol. The monoisotopic (exact) mass is 626 g/mol. The maximum atomic E-state index is 14.1. The van der Waals surface area contributed by atoms with Crippen LogP contribution in [0.2, 0.25) is 0 Å². The molecule has 0 saturated heterocycles. The van der Waals surface area contributed by atoms with Crippen LogP contribution in [0.1, 0.15) is 42.1 Å². The maximum absolute atomic E-state index is 14.1. The summed E-state index contributed by atoms with van der Waals surface area (Å²) in [5.74, 6) is 0.980. The first kappa shape index (κ1) is 30.3. The summed E-state index contributed by atoms with van der Waals surface area (Å²) in [4.78, 5) is 33.1. The lowest BCUT2D eigenvalue weighted by atomic mass is 9.95. The minimum atomic E-state index is -0.701. The third kappa shape index (κ3) is 6.39. The molecule has 4 aromatic carbocycles.